The van der Waals surface area contributed by atoms with Crippen LogP contribution < -0.4 is 0 Å². The lowest BCUT2D eigenvalue weighted by atomic mass is 9.95. The van der Waals surface area contributed by atoms with Gasteiger partial charge in [0.2, 0.25) is 0 Å². The van der Waals surface area contributed by atoms with Crippen molar-refractivity contribution in [2.24, 2.45) is 0 Å². The highest BCUT2D eigenvalue weighted by atomic mass is 35.5. The Hall–Kier alpha value is -1.31. The van der Waals surface area contributed by atoms with E-state index in [0.717, 1.165) is 19.4 Å². The van der Waals surface area contributed by atoms with Crippen LogP contribution in [0, 0.1) is 0 Å². The van der Waals surface area contributed by atoms with E-state index in [9.17, 15) is 0 Å². The van der Waals surface area contributed by atoms with Gasteiger partial charge in [-0.15, -0.1) is 11.6 Å². The Morgan fingerprint density at radius 2 is 1.72 bits per heavy atom. The van der Waals surface area contributed by atoms with Crippen LogP contribution in [-0.2, 0) is 13.0 Å². The maximum Gasteiger partial charge on any atom is 0.0342 e. The minimum Gasteiger partial charge on any atom is -0.299 e. The molecule has 1 saturated carbocycles. The molecule has 3 atom stereocenters. The number of halogens is 1. The third-order valence-corrected chi connectivity index (χ3v) is 6.09. The standard InChI is InChI=1S/C23H30ClN/c1-18(25(2)17-20-6-4-3-5-7-20)8-9-19-10-12-21(13-11-19)22-14-15-23(24)16-22/h3-7,10-13,18,22-23H,8-9,14-17H2,1-2H3. The van der Waals surface area contributed by atoms with E-state index in [-0.39, 0.29) is 0 Å². The van der Waals surface area contributed by atoms with Crippen molar-refractivity contribution in [2.75, 3.05) is 7.05 Å². The van der Waals surface area contributed by atoms with Gasteiger partial charge in [-0.1, -0.05) is 54.6 Å². The molecule has 25 heavy (non-hydrogen) atoms. The summed E-state index contributed by atoms with van der Waals surface area (Å²) >= 11 is 6.26. The minimum absolute atomic E-state index is 0.380. The molecular weight excluding hydrogens is 326 g/mol. The van der Waals surface area contributed by atoms with Crippen LogP contribution in [0.3, 0.4) is 0 Å². The summed E-state index contributed by atoms with van der Waals surface area (Å²) in [5.74, 6) is 0.674. The van der Waals surface area contributed by atoms with E-state index in [1.165, 1.54) is 36.0 Å². The van der Waals surface area contributed by atoms with Crippen LogP contribution in [0.4, 0.5) is 0 Å². The molecule has 0 heterocycles. The van der Waals surface area contributed by atoms with Gasteiger partial charge in [0.05, 0.1) is 0 Å². The van der Waals surface area contributed by atoms with Crippen LogP contribution in [0.25, 0.3) is 0 Å². The van der Waals surface area contributed by atoms with E-state index >= 15 is 0 Å². The molecule has 1 nitrogen and oxygen atoms in total. The second-order valence-electron chi connectivity index (χ2n) is 7.64. The predicted molar refractivity (Wildman–Crippen MR) is 108 cm³/mol. The Labute approximate surface area is 158 Å². The van der Waals surface area contributed by atoms with Crippen LogP contribution in [0.5, 0.6) is 0 Å². The number of nitrogens with zero attached hydrogens (tertiary/aromatic N) is 1. The fourth-order valence-electron chi connectivity index (χ4n) is 3.81. The lowest BCUT2D eigenvalue weighted by molar-refractivity contribution is 0.238. The highest BCUT2D eigenvalue weighted by molar-refractivity contribution is 6.20. The Morgan fingerprint density at radius 3 is 2.36 bits per heavy atom. The second kappa shape index (κ2) is 8.87. The number of alkyl halides is 1. The summed E-state index contributed by atoms with van der Waals surface area (Å²) in [5, 5.41) is 0.380. The van der Waals surface area contributed by atoms with Crippen molar-refractivity contribution >= 4 is 11.6 Å². The molecule has 0 bridgehead atoms. The molecule has 1 aliphatic rings. The van der Waals surface area contributed by atoms with E-state index in [1.807, 2.05) is 0 Å². The van der Waals surface area contributed by atoms with Crippen molar-refractivity contribution in [3.05, 3.63) is 71.3 Å². The van der Waals surface area contributed by atoms with Crippen LogP contribution in [0.1, 0.15) is 55.2 Å². The van der Waals surface area contributed by atoms with Gasteiger partial charge in [-0.05, 0) is 68.7 Å². The van der Waals surface area contributed by atoms with Crippen molar-refractivity contribution in [1.82, 2.24) is 4.90 Å². The van der Waals surface area contributed by atoms with Gasteiger partial charge in [0.15, 0.2) is 0 Å². The van der Waals surface area contributed by atoms with Gasteiger partial charge >= 0.3 is 0 Å². The minimum atomic E-state index is 0.380. The lowest BCUT2D eigenvalue weighted by Gasteiger charge is -2.25. The summed E-state index contributed by atoms with van der Waals surface area (Å²) in [6.45, 7) is 3.35. The van der Waals surface area contributed by atoms with E-state index in [4.69, 9.17) is 11.6 Å². The largest absolute Gasteiger partial charge is 0.299 e. The maximum atomic E-state index is 6.26. The first-order chi connectivity index (χ1) is 12.1. The molecular formula is C23H30ClN. The number of hydrogen-bond acceptors (Lipinski definition) is 1. The molecule has 0 N–H and O–H groups in total. The molecule has 3 unspecified atom stereocenters. The third kappa shape index (κ3) is 5.33. The SMILES string of the molecule is CC(CCc1ccc(C2CCC(Cl)C2)cc1)N(C)Cc1ccccc1. The summed E-state index contributed by atoms with van der Waals surface area (Å²) in [6.07, 6.45) is 5.88. The van der Waals surface area contributed by atoms with Crippen molar-refractivity contribution in [1.29, 1.82) is 0 Å². The zero-order valence-electron chi connectivity index (χ0n) is 15.5. The van der Waals surface area contributed by atoms with Crippen molar-refractivity contribution in [3.8, 4) is 0 Å². The average molecular weight is 356 g/mol. The summed E-state index contributed by atoms with van der Waals surface area (Å²) in [4.78, 5) is 2.45. The summed E-state index contributed by atoms with van der Waals surface area (Å²) in [5.41, 5.74) is 4.31. The molecule has 0 amide bonds. The Morgan fingerprint density at radius 1 is 1.00 bits per heavy atom. The van der Waals surface area contributed by atoms with Gasteiger partial charge < -0.3 is 0 Å². The molecule has 2 aromatic rings. The molecule has 0 radical (unpaired) electrons. The van der Waals surface area contributed by atoms with Gasteiger partial charge in [0, 0.05) is 18.0 Å². The second-order valence-corrected chi connectivity index (χ2v) is 8.25. The number of benzene rings is 2. The van der Waals surface area contributed by atoms with E-state index in [0.29, 0.717) is 17.3 Å². The van der Waals surface area contributed by atoms with Gasteiger partial charge in [-0.3, -0.25) is 4.90 Å². The average Bonchev–Trinajstić information content (AvgIpc) is 3.07. The maximum absolute atomic E-state index is 6.26. The van der Waals surface area contributed by atoms with E-state index in [2.05, 4.69) is 73.5 Å². The Bertz CT molecular complexity index is 637. The molecule has 2 aromatic carbocycles. The fraction of sp³-hybridized carbons (Fsp3) is 0.478. The predicted octanol–water partition coefficient (Wildman–Crippen LogP) is 6.01. The Kier molecular flexibility index (Phi) is 6.56. The molecule has 0 saturated heterocycles. The zero-order valence-corrected chi connectivity index (χ0v) is 16.3. The van der Waals surface area contributed by atoms with Gasteiger partial charge in [-0.2, -0.15) is 0 Å². The molecule has 0 aliphatic heterocycles. The molecule has 1 aliphatic carbocycles. The molecule has 134 valence electrons. The molecule has 2 heteroatoms. The summed E-state index contributed by atoms with van der Waals surface area (Å²) in [7, 11) is 2.23. The van der Waals surface area contributed by atoms with Gasteiger partial charge in [-0.25, -0.2) is 0 Å². The lowest BCUT2D eigenvalue weighted by Crippen LogP contribution is -2.28. The molecule has 0 spiro atoms. The third-order valence-electron chi connectivity index (χ3n) is 5.70. The van der Waals surface area contributed by atoms with Crippen LogP contribution in [0.15, 0.2) is 54.6 Å². The topological polar surface area (TPSA) is 3.24 Å². The quantitative estimate of drug-likeness (QED) is 0.549. The van der Waals surface area contributed by atoms with E-state index in [1.54, 1.807) is 0 Å². The van der Waals surface area contributed by atoms with Crippen molar-refractivity contribution in [3.63, 3.8) is 0 Å². The van der Waals surface area contributed by atoms with Gasteiger partial charge in [0.1, 0.15) is 0 Å². The van der Waals surface area contributed by atoms with Crippen LogP contribution in [0.2, 0.25) is 0 Å². The monoisotopic (exact) mass is 355 g/mol. The zero-order chi connectivity index (χ0) is 17.6. The highest BCUT2D eigenvalue weighted by Crippen LogP contribution is 2.37. The number of hydrogen-bond donors (Lipinski definition) is 0. The first kappa shape index (κ1) is 18.5. The molecule has 0 aromatic heterocycles. The first-order valence-electron chi connectivity index (χ1n) is 9.59. The molecule has 3 rings (SSSR count). The van der Waals surface area contributed by atoms with Crippen molar-refractivity contribution < 1.29 is 0 Å². The van der Waals surface area contributed by atoms with E-state index < -0.39 is 0 Å². The van der Waals surface area contributed by atoms with Crippen molar-refractivity contribution in [2.45, 2.75) is 62.9 Å². The summed E-state index contributed by atoms with van der Waals surface area (Å²) in [6, 6.07) is 20.6. The number of rotatable bonds is 7. The summed E-state index contributed by atoms with van der Waals surface area (Å²) < 4.78 is 0. The smallest absolute Gasteiger partial charge is 0.0342 e. The van der Waals surface area contributed by atoms with Crippen LogP contribution in [-0.4, -0.2) is 23.4 Å². The normalized spacial score (nSPS) is 21.6. The fourth-order valence-corrected chi connectivity index (χ4v) is 4.15. The molecule has 1 fully saturated rings. The van der Waals surface area contributed by atoms with Crippen LogP contribution >= 0.6 is 11.6 Å². The highest BCUT2D eigenvalue weighted by Gasteiger charge is 2.23. The number of aryl methyl sites for hydroxylation is 1. The Balaban J connectivity index is 1.47. The first-order valence-corrected chi connectivity index (χ1v) is 10.0. The van der Waals surface area contributed by atoms with Gasteiger partial charge in [0.25, 0.3) is 0 Å².